The third-order valence-corrected chi connectivity index (χ3v) is 4.01. The van der Waals surface area contributed by atoms with E-state index in [1.165, 1.54) is 0 Å². The van der Waals surface area contributed by atoms with Crippen LogP contribution in [0.4, 0.5) is 0 Å². The van der Waals surface area contributed by atoms with Crippen LogP contribution >= 0.6 is 0 Å². The molecule has 1 saturated carbocycles. The monoisotopic (exact) mass is 319 g/mol. The van der Waals surface area contributed by atoms with Crippen molar-refractivity contribution in [3.63, 3.8) is 0 Å². The first-order valence-electron chi connectivity index (χ1n) is 8.66. The minimum atomic E-state index is -0.131. The second-order valence-electron chi connectivity index (χ2n) is 5.93. The second-order valence-corrected chi connectivity index (χ2v) is 5.93. The molecular weight excluding hydrogens is 290 g/mol. The van der Waals surface area contributed by atoms with Gasteiger partial charge in [0.1, 0.15) is 5.75 Å². The molecule has 1 aliphatic carbocycles. The first kappa shape index (κ1) is 17.6. The zero-order valence-electron chi connectivity index (χ0n) is 14.2. The van der Waals surface area contributed by atoms with Gasteiger partial charge in [-0.2, -0.15) is 0 Å². The lowest BCUT2D eigenvalue weighted by atomic mass is 9.93. The molecule has 23 heavy (non-hydrogen) atoms. The van der Waals surface area contributed by atoms with Crippen LogP contribution in [0, 0.1) is 0 Å². The number of aliphatic hydroxyl groups is 1. The highest BCUT2D eigenvalue weighted by molar-refractivity contribution is 5.80. The predicted molar refractivity (Wildman–Crippen MR) is 93.8 cm³/mol. The van der Waals surface area contributed by atoms with Crippen molar-refractivity contribution in [2.45, 2.75) is 58.2 Å². The van der Waals surface area contributed by atoms with E-state index in [9.17, 15) is 5.11 Å². The summed E-state index contributed by atoms with van der Waals surface area (Å²) in [5.41, 5.74) is 1.13. The van der Waals surface area contributed by atoms with Crippen molar-refractivity contribution in [2.24, 2.45) is 4.99 Å². The van der Waals surface area contributed by atoms with Gasteiger partial charge in [-0.15, -0.1) is 0 Å². The number of hydrogen-bond donors (Lipinski definition) is 3. The molecule has 0 heterocycles. The summed E-state index contributed by atoms with van der Waals surface area (Å²) in [7, 11) is 0. The SMILES string of the molecule is CCNC(=NCc1cccc(OCC)c1)NC1CCC(O)CC1. The Kier molecular flexibility index (Phi) is 7.20. The minimum Gasteiger partial charge on any atom is -0.494 e. The first-order valence-corrected chi connectivity index (χ1v) is 8.66. The van der Waals surface area contributed by atoms with E-state index in [4.69, 9.17) is 4.74 Å². The van der Waals surface area contributed by atoms with Gasteiger partial charge in [-0.25, -0.2) is 4.99 Å². The maximum atomic E-state index is 9.60. The smallest absolute Gasteiger partial charge is 0.191 e. The molecule has 5 nitrogen and oxygen atoms in total. The summed E-state index contributed by atoms with van der Waals surface area (Å²) in [6.45, 7) is 6.17. The van der Waals surface area contributed by atoms with Crippen LogP contribution < -0.4 is 15.4 Å². The molecule has 1 aromatic rings. The molecule has 0 aliphatic heterocycles. The highest BCUT2D eigenvalue weighted by Gasteiger charge is 2.19. The number of ether oxygens (including phenoxy) is 1. The predicted octanol–water partition coefficient (Wildman–Crippen LogP) is 2.44. The molecule has 0 atom stereocenters. The lowest BCUT2D eigenvalue weighted by Gasteiger charge is -2.27. The van der Waals surface area contributed by atoms with E-state index >= 15 is 0 Å². The lowest BCUT2D eigenvalue weighted by Crippen LogP contribution is -2.45. The first-order chi connectivity index (χ1) is 11.2. The summed E-state index contributed by atoms with van der Waals surface area (Å²) in [4.78, 5) is 4.67. The summed E-state index contributed by atoms with van der Waals surface area (Å²) < 4.78 is 5.53. The summed E-state index contributed by atoms with van der Waals surface area (Å²) in [6.07, 6.45) is 3.59. The van der Waals surface area contributed by atoms with E-state index in [1.807, 2.05) is 25.1 Å². The zero-order chi connectivity index (χ0) is 16.5. The molecule has 128 valence electrons. The fourth-order valence-electron chi connectivity index (χ4n) is 2.80. The van der Waals surface area contributed by atoms with Crippen LogP contribution in [0.5, 0.6) is 5.75 Å². The number of nitrogens with one attached hydrogen (secondary N) is 2. The van der Waals surface area contributed by atoms with Gasteiger partial charge in [0.25, 0.3) is 0 Å². The van der Waals surface area contributed by atoms with Crippen molar-refractivity contribution in [3.8, 4) is 5.75 Å². The highest BCUT2D eigenvalue weighted by Crippen LogP contribution is 2.18. The molecule has 1 fully saturated rings. The van der Waals surface area contributed by atoms with Crippen LogP contribution in [0.2, 0.25) is 0 Å². The van der Waals surface area contributed by atoms with Crippen LogP contribution in [0.15, 0.2) is 29.3 Å². The molecule has 1 aromatic carbocycles. The number of benzene rings is 1. The van der Waals surface area contributed by atoms with Crippen LogP contribution in [0.3, 0.4) is 0 Å². The van der Waals surface area contributed by atoms with Crippen LogP contribution in [-0.4, -0.2) is 36.4 Å². The van der Waals surface area contributed by atoms with Crippen LogP contribution in [0.25, 0.3) is 0 Å². The van der Waals surface area contributed by atoms with Gasteiger partial charge in [0, 0.05) is 12.6 Å². The Labute approximate surface area is 139 Å². The Balaban J connectivity index is 1.93. The maximum Gasteiger partial charge on any atom is 0.191 e. The summed E-state index contributed by atoms with van der Waals surface area (Å²) >= 11 is 0. The van der Waals surface area contributed by atoms with E-state index in [0.717, 1.165) is 49.5 Å². The van der Waals surface area contributed by atoms with E-state index in [2.05, 4.69) is 28.6 Å². The zero-order valence-corrected chi connectivity index (χ0v) is 14.2. The maximum absolute atomic E-state index is 9.60. The number of nitrogens with zero attached hydrogens (tertiary/aromatic N) is 1. The standard InChI is InChI=1S/C18H29N3O2/c1-3-19-18(21-15-8-10-16(22)11-9-15)20-13-14-6-5-7-17(12-14)23-4-2/h5-7,12,15-16,22H,3-4,8-11,13H2,1-2H3,(H2,19,20,21). The number of aliphatic imine (C=N–C) groups is 1. The molecule has 0 saturated heterocycles. The fraction of sp³-hybridized carbons (Fsp3) is 0.611. The molecule has 3 N–H and O–H groups in total. The van der Waals surface area contributed by atoms with Gasteiger partial charge in [0.15, 0.2) is 5.96 Å². The van der Waals surface area contributed by atoms with Gasteiger partial charge in [-0.3, -0.25) is 0 Å². The van der Waals surface area contributed by atoms with Crippen molar-refractivity contribution in [2.75, 3.05) is 13.2 Å². The van der Waals surface area contributed by atoms with E-state index < -0.39 is 0 Å². The van der Waals surface area contributed by atoms with Crippen LogP contribution in [-0.2, 0) is 6.54 Å². The Morgan fingerprint density at radius 3 is 2.74 bits per heavy atom. The average Bonchev–Trinajstić information content (AvgIpc) is 2.56. The van der Waals surface area contributed by atoms with Gasteiger partial charge in [0.05, 0.1) is 19.3 Å². The molecule has 2 rings (SSSR count). The van der Waals surface area contributed by atoms with Crippen molar-refractivity contribution in [1.82, 2.24) is 10.6 Å². The molecule has 0 unspecified atom stereocenters. The molecule has 0 radical (unpaired) electrons. The summed E-state index contributed by atoms with van der Waals surface area (Å²) in [5, 5.41) is 16.4. The Morgan fingerprint density at radius 2 is 2.04 bits per heavy atom. The van der Waals surface area contributed by atoms with E-state index in [1.54, 1.807) is 0 Å². The van der Waals surface area contributed by atoms with E-state index in [-0.39, 0.29) is 6.10 Å². The van der Waals surface area contributed by atoms with Crippen molar-refractivity contribution in [3.05, 3.63) is 29.8 Å². The van der Waals surface area contributed by atoms with Gasteiger partial charge in [-0.05, 0) is 57.2 Å². The molecule has 5 heteroatoms. The van der Waals surface area contributed by atoms with Gasteiger partial charge < -0.3 is 20.5 Å². The summed E-state index contributed by atoms with van der Waals surface area (Å²) in [5.74, 6) is 1.73. The van der Waals surface area contributed by atoms with E-state index in [0.29, 0.717) is 19.2 Å². The van der Waals surface area contributed by atoms with Crippen molar-refractivity contribution >= 4 is 5.96 Å². The number of aliphatic hydroxyl groups excluding tert-OH is 1. The van der Waals surface area contributed by atoms with Crippen LogP contribution in [0.1, 0.15) is 45.1 Å². The Morgan fingerprint density at radius 1 is 1.26 bits per heavy atom. The van der Waals surface area contributed by atoms with Gasteiger partial charge in [-0.1, -0.05) is 12.1 Å². The third kappa shape index (κ3) is 6.10. The Hall–Kier alpha value is -1.75. The molecule has 0 aromatic heterocycles. The second kappa shape index (κ2) is 9.40. The van der Waals surface area contributed by atoms with Crippen molar-refractivity contribution < 1.29 is 9.84 Å². The number of hydrogen-bond acceptors (Lipinski definition) is 3. The normalized spacial score (nSPS) is 21.8. The molecular formula is C18H29N3O2. The molecule has 0 bridgehead atoms. The topological polar surface area (TPSA) is 65.9 Å². The lowest BCUT2D eigenvalue weighted by molar-refractivity contribution is 0.120. The van der Waals surface area contributed by atoms with Gasteiger partial charge in [0.2, 0.25) is 0 Å². The fourth-order valence-corrected chi connectivity index (χ4v) is 2.80. The minimum absolute atomic E-state index is 0.131. The van der Waals surface area contributed by atoms with Gasteiger partial charge >= 0.3 is 0 Å². The van der Waals surface area contributed by atoms with Crippen molar-refractivity contribution in [1.29, 1.82) is 0 Å². The molecule has 0 amide bonds. The quantitative estimate of drug-likeness (QED) is 0.556. The average molecular weight is 319 g/mol. The molecule has 1 aliphatic rings. The summed E-state index contributed by atoms with van der Waals surface area (Å²) in [6, 6.07) is 8.46. The third-order valence-electron chi connectivity index (χ3n) is 4.01. The number of guanidine groups is 1. The molecule has 0 spiro atoms. The largest absolute Gasteiger partial charge is 0.494 e. The highest BCUT2D eigenvalue weighted by atomic mass is 16.5. The number of rotatable bonds is 6. The Bertz CT molecular complexity index is 497.